The highest BCUT2D eigenvalue weighted by molar-refractivity contribution is 14.0. The fraction of sp³-hybridized carbons (Fsp3) is 0.650. The van der Waals surface area contributed by atoms with Gasteiger partial charge in [-0.1, -0.05) is 12.1 Å². The van der Waals surface area contributed by atoms with Crippen molar-refractivity contribution < 1.29 is 13.2 Å². The van der Waals surface area contributed by atoms with E-state index in [1.165, 1.54) is 18.6 Å². The van der Waals surface area contributed by atoms with Gasteiger partial charge in [0.05, 0.1) is 12.1 Å². The zero-order chi connectivity index (χ0) is 20.4. The zero-order valence-corrected chi connectivity index (χ0v) is 19.6. The van der Waals surface area contributed by atoms with Crippen LogP contribution in [-0.4, -0.2) is 75.2 Å². The Kier molecular flexibility index (Phi) is 11.9. The molecule has 2 N–H and O–H groups in total. The highest BCUT2D eigenvalue weighted by atomic mass is 127. The number of guanidine groups is 1. The second-order valence-electron chi connectivity index (χ2n) is 7.13. The fourth-order valence-corrected chi connectivity index (χ4v) is 3.15. The van der Waals surface area contributed by atoms with E-state index in [0.29, 0.717) is 13.0 Å². The van der Waals surface area contributed by atoms with Crippen molar-refractivity contribution in [1.82, 2.24) is 20.4 Å². The molecule has 166 valence electrons. The molecule has 9 heteroatoms. The minimum absolute atomic E-state index is 0. The van der Waals surface area contributed by atoms with E-state index in [2.05, 4.69) is 32.5 Å². The predicted molar refractivity (Wildman–Crippen MR) is 123 cm³/mol. The minimum atomic E-state index is -4.29. The number of rotatable bonds is 7. The maximum atomic E-state index is 12.6. The van der Waals surface area contributed by atoms with E-state index < -0.39 is 11.7 Å². The Morgan fingerprint density at radius 3 is 2.45 bits per heavy atom. The second-order valence-corrected chi connectivity index (χ2v) is 7.13. The van der Waals surface area contributed by atoms with Crippen molar-refractivity contribution >= 4 is 29.9 Å². The summed E-state index contributed by atoms with van der Waals surface area (Å²) < 4.78 is 37.8. The summed E-state index contributed by atoms with van der Waals surface area (Å²) in [5, 5.41) is 6.48. The van der Waals surface area contributed by atoms with Gasteiger partial charge in [-0.25, -0.2) is 0 Å². The number of halogens is 4. The van der Waals surface area contributed by atoms with Crippen molar-refractivity contribution in [1.29, 1.82) is 0 Å². The Morgan fingerprint density at radius 1 is 1.07 bits per heavy atom. The van der Waals surface area contributed by atoms with Gasteiger partial charge in [-0.15, -0.1) is 24.0 Å². The Bertz CT molecular complexity index is 607. The van der Waals surface area contributed by atoms with Crippen LogP contribution in [0.15, 0.2) is 29.3 Å². The van der Waals surface area contributed by atoms with Crippen LogP contribution in [0.3, 0.4) is 0 Å². The highest BCUT2D eigenvalue weighted by Gasteiger charge is 2.29. The minimum Gasteiger partial charge on any atom is -0.357 e. The molecule has 1 aliphatic heterocycles. The average molecular weight is 527 g/mol. The van der Waals surface area contributed by atoms with E-state index in [-0.39, 0.29) is 24.0 Å². The van der Waals surface area contributed by atoms with E-state index >= 15 is 0 Å². The Labute approximate surface area is 189 Å². The fourth-order valence-electron chi connectivity index (χ4n) is 3.15. The molecule has 2 rings (SSSR count). The molecule has 5 nitrogen and oxygen atoms in total. The van der Waals surface area contributed by atoms with Crippen LogP contribution in [0.5, 0.6) is 0 Å². The van der Waals surface area contributed by atoms with Crippen LogP contribution >= 0.6 is 24.0 Å². The molecular formula is C20H33F3IN5. The van der Waals surface area contributed by atoms with E-state index in [4.69, 9.17) is 0 Å². The van der Waals surface area contributed by atoms with Crippen molar-refractivity contribution in [3.8, 4) is 0 Å². The Balaban J connectivity index is 0.00000420. The van der Waals surface area contributed by atoms with E-state index in [9.17, 15) is 13.2 Å². The Morgan fingerprint density at radius 2 is 1.79 bits per heavy atom. The van der Waals surface area contributed by atoms with Gasteiger partial charge in [-0.05, 0) is 57.6 Å². The van der Waals surface area contributed by atoms with E-state index in [1.807, 2.05) is 6.92 Å². The SMILES string of the molecule is CCNC(=NCCN1CCCN(C)CC1)NCCc1ccc(C(F)(F)F)cc1.I. The molecule has 0 bridgehead atoms. The van der Waals surface area contributed by atoms with Gasteiger partial charge >= 0.3 is 6.18 Å². The molecule has 1 aliphatic rings. The van der Waals surface area contributed by atoms with Crippen LogP contribution in [0.2, 0.25) is 0 Å². The lowest BCUT2D eigenvalue weighted by Gasteiger charge is -2.19. The van der Waals surface area contributed by atoms with Gasteiger partial charge < -0.3 is 20.4 Å². The van der Waals surface area contributed by atoms with Crippen molar-refractivity contribution in [3.63, 3.8) is 0 Å². The van der Waals surface area contributed by atoms with Gasteiger partial charge in [0.15, 0.2) is 5.96 Å². The molecule has 29 heavy (non-hydrogen) atoms. The van der Waals surface area contributed by atoms with Gasteiger partial charge in [-0.3, -0.25) is 4.99 Å². The van der Waals surface area contributed by atoms with Crippen LogP contribution in [0, 0.1) is 0 Å². The normalized spacial score (nSPS) is 16.8. The summed E-state index contributed by atoms with van der Waals surface area (Å²) in [5.41, 5.74) is 0.254. The van der Waals surface area contributed by atoms with Gasteiger partial charge in [0, 0.05) is 32.7 Å². The summed E-state index contributed by atoms with van der Waals surface area (Å²) in [4.78, 5) is 9.43. The first-order valence-corrected chi connectivity index (χ1v) is 9.97. The molecule has 0 atom stereocenters. The van der Waals surface area contributed by atoms with Crippen molar-refractivity contribution in [2.75, 3.05) is 59.4 Å². The van der Waals surface area contributed by atoms with Crippen LogP contribution < -0.4 is 10.6 Å². The molecule has 1 heterocycles. The van der Waals surface area contributed by atoms with Crippen molar-refractivity contribution in [2.45, 2.75) is 25.9 Å². The molecule has 0 radical (unpaired) electrons. The number of alkyl halides is 3. The van der Waals surface area contributed by atoms with Crippen molar-refractivity contribution in [2.24, 2.45) is 4.99 Å². The number of nitrogens with one attached hydrogen (secondary N) is 2. The maximum absolute atomic E-state index is 12.6. The van der Waals surface area contributed by atoms with Crippen molar-refractivity contribution in [3.05, 3.63) is 35.4 Å². The summed E-state index contributed by atoms with van der Waals surface area (Å²) in [5.74, 6) is 0.751. The molecule has 0 unspecified atom stereocenters. The average Bonchev–Trinajstić information content (AvgIpc) is 2.86. The number of likely N-dealkylation sites (N-methyl/N-ethyl adjacent to an activating group) is 1. The lowest BCUT2D eigenvalue weighted by Crippen LogP contribution is -2.39. The number of nitrogens with zero attached hydrogens (tertiary/aromatic N) is 3. The summed E-state index contributed by atoms with van der Waals surface area (Å²) in [6.45, 7) is 9.47. The molecular weight excluding hydrogens is 494 g/mol. The quantitative estimate of drug-likeness (QED) is 0.325. The van der Waals surface area contributed by atoms with Crippen LogP contribution in [0.1, 0.15) is 24.5 Å². The topological polar surface area (TPSA) is 42.9 Å². The molecule has 0 aromatic heterocycles. The van der Waals surface area contributed by atoms with E-state index in [0.717, 1.165) is 69.5 Å². The molecule has 0 spiro atoms. The third-order valence-corrected chi connectivity index (χ3v) is 4.83. The summed E-state index contributed by atoms with van der Waals surface area (Å²) in [6.07, 6.45) is -2.46. The first-order chi connectivity index (χ1) is 13.4. The molecule has 1 aromatic rings. The van der Waals surface area contributed by atoms with Gasteiger partial charge in [-0.2, -0.15) is 13.2 Å². The number of hydrogen-bond acceptors (Lipinski definition) is 3. The standard InChI is InChI=1S/C20H32F3N5.HI/c1-3-24-19(26-11-14-28-13-4-12-27(2)15-16-28)25-10-9-17-5-7-18(8-6-17)20(21,22)23;/h5-8H,3-4,9-16H2,1-2H3,(H2,24,25,26);1H. The maximum Gasteiger partial charge on any atom is 0.416 e. The monoisotopic (exact) mass is 527 g/mol. The largest absolute Gasteiger partial charge is 0.416 e. The lowest BCUT2D eigenvalue weighted by molar-refractivity contribution is -0.137. The first-order valence-electron chi connectivity index (χ1n) is 9.97. The molecule has 1 aromatic carbocycles. The first kappa shape index (κ1) is 26.0. The third-order valence-electron chi connectivity index (χ3n) is 4.83. The number of aliphatic imine (C=N–C) groups is 1. The number of benzene rings is 1. The van der Waals surface area contributed by atoms with Crippen LogP contribution in [0.4, 0.5) is 13.2 Å². The van der Waals surface area contributed by atoms with Gasteiger partial charge in [0.1, 0.15) is 0 Å². The molecule has 0 amide bonds. The Hall–Kier alpha value is -1.07. The summed E-state index contributed by atoms with van der Waals surface area (Å²) in [6, 6.07) is 5.33. The molecule has 0 aliphatic carbocycles. The highest BCUT2D eigenvalue weighted by Crippen LogP contribution is 2.29. The van der Waals surface area contributed by atoms with E-state index in [1.54, 1.807) is 0 Å². The van der Waals surface area contributed by atoms with Gasteiger partial charge in [0.25, 0.3) is 0 Å². The summed E-state index contributed by atoms with van der Waals surface area (Å²) >= 11 is 0. The summed E-state index contributed by atoms with van der Waals surface area (Å²) in [7, 11) is 2.16. The number of hydrogen-bond donors (Lipinski definition) is 2. The smallest absolute Gasteiger partial charge is 0.357 e. The molecule has 1 fully saturated rings. The second kappa shape index (κ2) is 13.3. The zero-order valence-electron chi connectivity index (χ0n) is 17.3. The molecule has 0 saturated carbocycles. The van der Waals surface area contributed by atoms with Gasteiger partial charge in [0.2, 0.25) is 0 Å². The molecule has 1 saturated heterocycles. The van der Waals surface area contributed by atoms with Crippen LogP contribution in [0.25, 0.3) is 0 Å². The lowest BCUT2D eigenvalue weighted by atomic mass is 10.1. The van der Waals surface area contributed by atoms with Crippen LogP contribution in [-0.2, 0) is 12.6 Å². The third kappa shape index (κ3) is 9.99. The predicted octanol–water partition coefficient (Wildman–Crippen LogP) is 3.06.